The van der Waals surface area contributed by atoms with Gasteiger partial charge in [0.05, 0.1) is 27.8 Å². The van der Waals surface area contributed by atoms with E-state index in [1.54, 1.807) is 0 Å². The van der Waals surface area contributed by atoms with Crippen LogP contribution in [-0.4, -0.2) is 38.2 Å². The molecule has 0 fully saturated rings. The summed E-state index contributed by atoms with van der Waals surface area (Å²) in [7, 11) is 0. The van der Waals surface area contributed by atoms with Crippen LogP contribution >= 0.6 is 0 Å². The van der Waals surface area contributed by atoms with Crippen molar-refractivity contribution >= 4 is 87.5 Å². The molecule has 2 aliphatic heterocycles. The van der Waals surface area contributed by atoms with Gasteiger partial charge in [0.1, 0.15) is 34.4 Å². The Labute approximate surface area is 553 Å². The summed E-state index contributed by atoms with van der Waals surface area (Å²) in [5, 5.41) is 9.29. The molecule has 11 heteroatoms. The van der Waals surface area contributed by atoms with Crippen LogP contribution in [0.25, 0.3) is 110 Å². The quantitative estimate of drug-likeness (QED) is 0.122. The Bertz CT molecular complexity index is 5380. The minimum atomic E-state index is -0.242. The van der Waals surface area contributed by atoms with Crippen molar-refractivity contribution in [3.63, 3.8) is 0 Å². The van der Waals surface area contributed by atoms with Crippen molar-refractivity contribution < 1.29 is 29.9 Å². The van der Waals surface area contributed by atoms with Crippen molar-refractivity contribution in [3.05, 3.63) is 264 Å². The van der Waals surface area contributed by atoms with Crippen molar-refractivity contribution in [3.8, 4) is 46.0 Å². The van der Waals surface area contributed by atoms with Gasteiger partial charge in [-0.2, -0.15) is 12.1 Å². The van der Waals surface area contributed by atoms with Gasteiger partial charge in [-0.05, 0) is 152 Å². The van der Waals surface area contributed by atoms with E-state index < -0.39 is 0 Å². The molecule has 16 aromatic rings. The summed E-state index contributed by atoms with van der Waals surface area (Å²) in [4.78, 5) is 19.1. The maximum absolute atomic E-state index is 6.66. The smallest absolute Gasteiger partial charge is 0.541 e. The van der Waals surface area contributed by atoms with Gasteiger partial charge in [-0.3, -0.25) is 9.13 Å². The zero-order valence-electron chi connectivity index (χ0n) is 53.5. The van der Waals surface area contributed by atoms with Crippen LogP contribution in [0.3, 0.4) is 0 Å². The number of nitrogens with zero attached hydrogens (tertiary/aromatic N) is 8. The van der Waals surface area contributed by atoms with E-state index >= 15 is 0 Å². The van der Waals surface area contributed by atoms with Crippen LogP contribution in [0, 0.1) is 12.1 Å². The predicted molar refractivity (Wildman–Crippen MR) is 374 cm³/mol. The summed E-state index contributed by atoms with van der Waals surface area (Å²) in [6.07, 6.45) is 7.43. The molecule has 8 aromatic heterocycles. The van der Waals surface area contributed by atoms with Crippen LogP contribution in [-0.2, 0) is 42.1 Å². The third-order valence-corrected chi connectivity index (χ3v) is 19.4. The largest absolute Gasteiger partial charge is 2.00 e. The minimum Gasteiger partial charge on any atom is -0.541 e. The average Bonchev–Trinajstić information content (AvgIpc) is 1.61. The van der Waals surface area contributed by atoms with Gasteiger partial charge in [-0.15, -0.1) is 29.8 Å². The van der Waals surface area contributed by atoms with E-state index in [0.717, 1.165) is 89.4 Å². The second-order valence-corrected chi connectivity index (χ2v) is 27.8. The van der Waals surface area contributed by atoms with Crippen molar-refractivity contribution in [2.45, 2.75) is 90.9 Å². The van der Waals surface area contributed by atoms with Crippen molar-refractivity contribution in [2.24, 2.45) is 0 Å². The van der Waals surface area contributed by atoms with Gasteiger partial charge in [0.2, 0.25) is 0 Å². The molecule has 93 heavy (non-hydrogen) atoms. The molecule has 0 N–H and O–H groups in total. The van der Waals surface area contributed by atoms with Crippen LogP contribution < -0.4 is 9.47 Å². The van der Waals surface area contributed by atoms with Crippen LogP contribution in [0.4, 0.5) is 0 Å². The number of benzene rings is 8. The molecule has 10 heterocycles. The first-order valence-electron chi connectivity index (χ1n) is 31.7. The van der Waals surface area contributed by atoms with Crippen LogP contribution in [0.1, 0.15) is 103 Å². The Balaban J connectivity index is 0.000000146. The zero-order valence-corrected chi connectivity index (χ0v) is 55.0. The molecule has 0 radical (unpaired) electrons. The summed E-state index contributed by atoms with van der Waals surface area (Å²) < 4.78 is 22.2. The molecule has 18 rings (SSSR count). The van der Waals surface area contributed by atoms with Gasteiger partial charge in [0.15, 0.2) is 0 Å². The summed E-state index contributed by atoms with van der Waals surface area (Å²) in [6.45, 7) is 23.0. The van der Waals surface area contributed by atoms with Crippen molar-refractivity contribution in [1.29, 1.82) is 0 Å². The van der Waals surface area contributed by atoms with E-state index in [2.05, 4.69) is 243 Å². The van der Waals surface area contributed by atoms with E-state index in [9.17, 15) is 0 Å². The van der Waals surface area contributed by atoms with Crippen LogP contribution in [0.5, 0.6) is 23.0 Å². The Kier molecular flexibility index (Phi) is 13.0. The minimum absolute atomic E-state index is 0. The number of aromatic nitrogens is 8. The molecule has 2 aliphatic rings. The van der Waals surface area contributed by atoms with Gasteiger partial charge in [-0.25, -0.2) is 19.9 Å². The molecule has 0 saturated carbocycles. The standard InChI is InChI=1S/C41H34N4O.C41H32N4O.Pd/c2*1-40(2,3)25-21-31-29-12-10-20-43-39(29)45-36-24-27(15-17-32(36)41(4,5)33(22-25)38(31)45)46-26-16-18-35-30(23-26)28-11-6-7-13-34(28)44(35)37-14-8-9-19-42-37;/h6-24H,1-5H3;6-17,19-23H,1-5H3;/q;-2;+2. The molecular formula is C82H66N8O2Pd. The number of pyridine rings is 4. The van der Waals surface area contributed by atoms with Crippen LogP contribution in [0.2, 0.25) is 0 Å². The monoisotopic (exact) mass is 1300 g/mol. The molecule has 456 valence electrons. The van der Waals surface area contributed by atoms with Crippen molar-refractivity contribution in [2.75, 3.05) is 0 Å². The number of hydrogen-bond donors (Lipinski definition) is 0. The van der Waals surface area contributed by atoms with E-state index in [1.165, 1.54) is 66.0 Å². The summed E-state index contributed by atoms with van der Waals surface area (Å²) >= 11 is 0. The molecule has 10 nitrogen and oxygen atoms in total. The second kappa shape index (κ2) is 20.9. The molecular weight excluding hydrogens is 1240 g/mol. The van der Waals surface area contributed by atoms with Crippen molar-refractivity contribution in [1.82, 2.24) is 38.2 Å². The number of ether oxygens (including phenoxy) is 2. The first-order chi connectivity index (χ1) is 44.4. The summed E-state index contributed by atoms with van der Waals surface area (Å²) in [6, 6.07) is 75.1. The Hall–Kier alpha value is -10.2. The van der Waals surface area contributed by atoms with E-state index in [0.29, 0.717) is 11.5 Å². The van der Waals surface area contributed by atoms with Gasteiger partial charge in [-0.1, -0.05) is 153 Å². The van der Waals surface area contributed by atoms with Gasteiger partial charge < -0.3 is 18.6 Å². The Morgan fingerprint density at radius 1 is 0.387 bits per heavy atom. The third-order valence-electron chi connectivity index (χ3n) is 19.4. The molecule has 0 saturated heterocycles. The number of fused-ring (bicyclic) bond motifs is 16. The average molecular weight is 1300 g/mol. The normalized spacial score (nSPS) is 13.8. The third kappa shape index (κ3) is 8.92. The van der Waals surface area contributed by atoms with E-state index in [4.69, 9.17) is 19.4 Å². The van der Waals surface area contributed by atoms with Gasteiger partial charge in [0.25, 0.3) is 0 Å². The first kappa shape index (κ1) is 57.9. The second-order valence-electron chi connectivity index (χ2n) is 27.8. The molecule has 0 aliphatic carbocycles. The number of hydrogen-bond acceptors (Lipinski definition) is 6. The number of rotatable bonds is 6. The van der Waals surface area contributed by atoms with Gasteiger partial charge in [0, 0.05) is 79.9 Å². The maximum atomic E-state index is 6.66. The van der Waals surface area contributed by atoms with E-state index in [1.807, 2.05) is 85.5 Å². The fourth-order valence-corrected chi connectivity index (χ4v) is 14.7. The predicted octanol–water partition coefficient (Wildman–Crippen LogP) is 20.4. The molecule has 0 amide bonds. The first-order valence-corrected chi connectivity index (χ1v) is 31.7. The Morgan fingerprint density at radius 3 is 1.53 bits per heavy atom. The summed E-state index contributed by atoms with van der Waals surface area (Å²) in [5.74, 6) is 4.70. The summed E-state index contributed by atoms with van der Waals surface area (Å²) in [5.41, 5.74) is 18.1. The maximum Gasteiger partial charge on any atom is 2.00 e. The van der Waals surface area contributed by atoms with Crippen LogP contribution in [0.15, 0.2) is 219 Å². The Morgan fingerprint density at radius 2 is 0.892 bits per heavy atom. The van der Waals surface area contributed by atoms with Gasteiger partial charge >= 0.3 is 20.4 Å². The van der Waals surface area contributed by atoms with E-state index in [-0.39, 0.29) is 42.1 Å². The SMILES string of the molecule is CC(C)(C)c1cc2c3c(c1)c1cccnc1n3-c1[c-]c(Oc3c[c-]c4c(c3)c3ccccc3n4-c3ccccn3)ccc1C2(C)C.CC(C)(C)c1cc2c3c(c1)c1cccnc1n3-c1cc(Oc3ccc4c(c3)c3ccccc3n4-c3ccccn3)ccc1C2(C)C.[Pd+2]. The molecule has 0 unspecified atom stereocenters. The molecule has 0 spiro atoms. The zero-order chi connectivity index (χ0) is 62.7. The number of para-hydroxylation sites is 2. The topological polar surface area (TPSA) is 89.7 Å². The molecule has 8 aromatic carbocycles. The molecule has 0 bridgehead atoms. The molecule has 0 atom stereocenters. The fourth-order valence-electron chi connectivity index (χ4n) is 14.7. The fraction of sp³-hybridized carbons (Fsp3) is 0.171.